The molecule has 1 aromatic heterocycles. The first-order valence-electron chi connectivity index (χ1n) is 10.6. The van der Waals surface area contributed by atoms with Crippen LogP contribution in [0.25, 0.3) is 11.1 Å². The molecular weight excluding hydrogens is 462 g/mol. The number of nitrogens with zero attached hydrogens (tertiary/aromatic N) is 2. The van der Waals surface area contributed by atoms with Crippen LogP contribution in [0.2, 0.25) is 0 Å². The predicted molar refractivity (Wildman–Crippen MR) is 130 cm³/mol. The van der Waals surface area contributed by atoms with Crippen molar-refractivity contribution < 1.29 is 22.4 Å². The highest BCUT2D eigenvalue weighted by Crippen LogP contribution is 2.31. The smallest absolute Gasteiger partial charge is 0.262 e. The molecule has 1 N–H and O–H groups in total. The molecule has 10 heteroatoms. The Morgan fingerprint density at radius 2 is 1.76 bits per heavy atom. The first-order chi connectivity index (χ1) is 15.5. The number of methoxy groups -OCH3 is 1. The molecule has 33 heavy (non-hydrogen) atoms. The molecule has 8 nitrogen and oxygen atoms in total. The number of rotatable bonds is 9. The molecule has 1 amide bonds. The van der Waals surface area contributed by atoms with E-state index < -0.39 is 15.3 Å². The van der Waals surface area contributed by atoms with Crippen LogP contribution < -0.4 is 9.46 Å². The summed E-state index contributed by atoms with van der Waals surface area (Å²) in [4.78, 5) is 19.2. The minimum Gasteiger partial charge on any atom is -0.495 e. The van der Waals surface area contributed by atoms with Crippen molar-refractivity contribution in [3.05, 3.63) is 42.5 Å². The summed E-state index contributed by atoms with van der Waals surface area (Å²) in [6.07, 6.45) is 0. The number of sulfonamides is 1. The summed E-state index contributed by atoms with van der Waals surface area (Å²) in [6.45, 7) is 9.74. The zero-order valence-electron chi connectivity index (χ0n) is 19.5. The minimum absolute atomic E-state index is 0.00321. The summed E-state index contributed by atoms with van der Waals surface area (Å²) in [6, 6.07) is 11.4. The van der Waals surface area contributed by atoms with E-state index in [2.05, 4.69) is 9.71 Å². The Morgan fingerprint density at radius 3 is 2.39 bits per heavy atom. The highest BCUT2D eigenvalue weighted by molar-refractivity contribution is 8.00. The zero-order valence-corrected chi connectivity index (χ0v) is 21.2. The summed E-state index contributed by atoms with van der Waals surface area (Å²) in [5.41, 5.74) is 1.17. The first kappa shape index (κ1) is 24.9. The maximum Gasteiger partial charge on any atom is 0.262 e. The molecule has 3 rings (SSSR count). The van der Waals surface area contributed by atoms with Crippen LogP contribution in [0.3, 0.4) is 0 Å². The minimum atomic E-state index is -3.87. The number of thioether (sulfide) groups is 1. The molecule has 0 aliphatic carbocycles. The predicted octanol–water partition coefficient (Wildman–Crippen LogP) is 4.76. The van der Waals surface area contributed by atoms with E-state index in [1.165, 1.54) is 31.0 Å². The Kier molecular flexibility index (Phi) is 7.58. The van der Waals surface area contributed by atoms with Gasteiger partial charge >= 0.3 is 0 Å². The Labute approximate surface area is 198 Å². The van der Waals surface area contributed by atoms with Crippen LogP contribution in [0.4, 0.5) is 5.69 Å². The Bertz CT molecular complexity index is 1230. The third-order valence-corrected chi connectivity index (χ3v) is 7.29. The summed E-state index contributed by atoms with van der Waals surface area (Å²) in [5, 5.41) is -0.0937. The molecule has 0 fully saturated rings. The molecular formula is C23H29N3O5S2. The van der Waals surface area contributed by atoms with E-state index in [4.69, 9.17) is 9.15 Å². The molecule has 0 saturated heterocycles. The van der Waals surface area contributed by atoms with E-state index in [1.54, 1.807) is 30.3 Å². The summed E-state index contributed by atoms with van der Waals surface area (Å²) in [5.74, 6) is 0.411. The maximum absolute atomic E-state index is 12.9. The van der Waals surface area contributed by atoms with E-state index >= 15 is 0 Å². The Hall–Kier alpha value is -2.72. The SMILES string of the molecule is COc1ccccc1NS(=O)(=O)c1ccc2oc(SC(C)C(=O)N(C(C)C)C(C)C)nc2c1. The highest BCUT2D eigenvalue weighted by atomic mass is 32.2. The molecule has 1 unspecified atom stereocenters. The van der Waals surface area contributed by atoms with Crippen molar-refractivity contribution in [2.24, 2.45) is 0 Å². The van der Waals surface area contributed by atoms with Crippen molar-refractivity contribution in [1.29, 1.82) is 0 Å². The van der Waals surface area contributed by atoms with Crippen molar-refractivity contribution in [3.63, 3.8) is 0 Å². The highest BCUT2D eigenvalue weighted by Gasteiger charge is 2.27. The quantitative estimate of drug-likeness (QED) is 0.431. The number of fused-ring (bicyclic) bond motifs is 1. The second-order valence-electron chi connectivity index (χ2n) is 8.11. The fraction of sp³-hybridized carbons (Fsp3) is 0.391. The number of oxazole rings is 1. The molecule has 2 aromatic carbocycles. The molecule has 3 aromatic rings. The van der Waals surface area contributed by atoms with E-state index in [0.29, 0.717) is 27.8 Å². The first-order valence-corrected chi connectivity index (χ1v) is 12.9. The fourth-order valence-electron chi connectivity index (χ4n) is 3.55. The number of benzene rings is 2. The van der Waals surface area contributed by atoms with Gasteiger partial charge in [0.15, 0.2) is 5.58 Å². The number of para-hydroxylation sites is 2. The number of aromatic nitrogens is 1. The van der Waals surface area contributed by atoms with Crippen LogP contribution in [0, 0.1) is 0 Å². The maximum atomic E-state index is 12.9. The van der Waals surface area contributed by atoms with E-state index in [1.807, 2.05) is 39.5 Å². The Balaban J connectivity index is 1.82. The van der Waals surface area contributed by atoms with Crippen LogP contribution in [0.1, 0.15) is 34.6 Å². The standard InChI is InChI=1S/C23H29N3O5S2/c1-14(2)26(15(3)4)22(27)16(5)32-23-24-19-13-17(11-12-21(19)31-23)33(28,29)25-18-9-7-8-10-20(18)30-6/h7-16,25H,1-6H3. The van der Waals surface area contributed by atoms with Crippen LogP contribution in [0.15, 0.2) is 57.0 Å². The molecule has 0 bridgehead atoms. The number of amides is 1. The fourth-order valence-corrected chi connectivity index (χ4v) is 5.46. The second-order valence-corrected chi connectivity index (χ2v) is 11.1. The average molecular weight is 492 g/mol. The number of carbonyl (C=O) groups is 1. The van der Waals surface area contributed by atoms with Gasteiger partial charge in [0, 0.05) is 12.1 Å². The lowest BCUT2D eigenvalue weighted by Gasteiger charge is -2.32. The molecule has 1 heterocycles. The molecule has 0 radical (unpaired) electrons. The van der Waals surface area contributed by atoms with Gasteiger partial charge in [-0.05, 0) is 65.0 Å². The lowest BCUT2D eigenvalue weighted by Crippen LogP contribution is -2.45. The molecule has 0 aliphatic heterocycles. The number of carbonyl (C=O) groups excluding carboxylic acids is 1. The van der Waals surface area contributed by atoms with Crippen LogP contribution in [-0.4, -0.2) is 48.7 Å². The van der Waals surface area contributed by atoms with E-state index in [-0.39, 0.29) is 22.9 Å². The lowest BCUT2D eigenvalue weighted by molar-refractivity contribution is -0.133. The molecule has 0 aliphatic rings. The van der Waals surface area contributed by atoms with Gasteiger partial charge in [-0.2, -0.15) is 0 Å². The van der Waals surface area contributed by atoms with Gasteiger partial charge in [-0.1, -0.05) is 23.9 Å². The zero-order chi connectivity index (χ0) is 24.3. The third-order valence-electron chi connectivity index (χ3n) is 4.99. The van der Waals surface area contributed by atoms with Crippen molar-refractivity contribution in [2.45, 2.75) is 62.1 Å². The van der Waals surface area contributed by atoms with E-state index in [0.717, 1.165) is 0 Å². The summed E-state index contributed by atoms with van der Waals surface area (Å²) >= 11 is 1.21. The number of nitrogens with one attached hydrogen (secondary N) is 1. The molecule has 0 saturated carbocycles. The second kappa shape index (κ2) is 10.0. The molecule has 1 atom stereocenters. The van der Waals surface area contributed by atoms with Crippen molar-refractivity contribution in [2.75, 3.05) is 11.8 Å². The van der Waals surface area contributed by atoms with Gasteiger partial charge in [0.05, 0.1) is 22.9 Å². The normalized spacial score (nSPS) is 12.8. The number of anilines is 1. The lowest BCUT2D eigenvalue weighted by atomic mass is 10.2. The van der Waals surface area contributed by atoms with Crippen molar-refractivity contribution >= 4 is 44.5 Å². The van der Waals surface area contributed by atoms with Gasteiger partial charge < -0.3 is 14.1 Å². The largest absolute Gasteiger partial charge is 0.495 e. The van der Waals surface area contributed by atoms with Gasteiger partial charge in [0.1, 0.15) is 11.3 Å². The van der Waals surface area contributed by atoms with Gasteiger partial charge in [-0.15, -0.1) is 0 Å². The van der Waals surface area contributed by atoms with Gasteiger partial charge in [0.25, 0.3) is 15.2 Å². The van der Waals surface area contributed by atoms with Crippen molar-refractivity contribution in [1.82, 2.24) is 9.88 Å². The molecule has 178 valence electrons. The molecule has 0 spiro atoms. The van der Waals surface area contributed by atoms with Gasteiger partial charge in [-0.25, -0.2) is 13.4 Å². The van der Waals surface area contributed by atoms with Crippen LogP contribution >= 0.6 is 11.8 Å². The summed E-state index contributed by atoms with van der Waals surface area (Å²) in [7, 11) is -2.40. The average Bonchev–Trinajstić information content (AvgIpc) is 3.14. The van der Waals surface area contributed by atoms with E-state index in [9.17, 15) is 13.2 Å². The van der Waals surface area contributed by atoms with Crippen LogP contribution in [-0.2, 0) is 14.8 Å². The van der Waals surface area contributed by atoms with Crippen LogP contribution in [0.5, 0.6) is 5.75 Å². The number of hydrogen-bond acceptors (Lipinski definition) is 7. The van der Waals surface area contributed by atoms with Gasteiger partial charge in [-0.3, -0.25) is 9.52 Å². The number of hydrogen-bond donors (Lipinski definition) is 1. The van der Waals surface area contributed by atoms with Gasteiger partial charge in [0.2, 0.25) is 5.91 Å². The van der Waals surface area contributed by atoms with Crippen molar-refractivity contribution in [3.8, 4) is 5.75 Å². The number of ether oxygens (including phenoxy) is 1. The topological polar surface area (TPSA) is 102 Å². The monoisotopic (exact) mass is 491 g/mol. The Morgan fingerprint density at radius 1 is 1.09 bits per heavy atom. The third kappa shape index (κ3) is 5.62. The summed E-state index contributed by atoms with van der Waals surface area (Å²) < 4.78 is 39.3.